The summed E-state index contributed by atoms with van der Waals surface area (Å²) in [6.45, 7) is 0.703. The fourth-order valence-electron chi connectivity index (χ4n) is 4.92. The van der Waals surface area contributed by atoms with Crippen LogP contribution in [0.25, 0.3) is 0 Å². The number of hydrogen-bond donors (Lipinski definition) is 2. The molecule has 2 aromatic rings. The number of nitrogens with one attached hydrogen (secondary N) is 2. The Morgan fingerprint density at radius 1 is 1.08 bits per heavy atom. The largest absolute Gasteiger partial charge is 0.497 e. The summed E-state index contributed by atoms with van der Waals surface area (Å²) in [6.07, 6.45) is 2.86. The summed E-state index contributed by atoms with van der Waals surface area (Å²) in [4.78, 5) is 39.8. The Kier molecular flexibility index (Phi) is 7.32. The maximum Gasteiger partial charge on any atom is 0.257 e. The number of ether oxygens (including phenoxy) is 3. The summed E-state index contributed by atoms with van der Waals surface area (Å²) in [5, 5.41) is 5.85. The number of benzene rings is 2. The van der Waals surface area contributed by atoms with E-state index >= 15 is 0 Å². The minimum absolute atomic E-state index is 0.00709. The van der Waals surface area contributed by atoms with Gasteiger partial charge in [0.1, 0.15) is 24.2 Å². The van der Waals surface area contributed by atoms with Crippen LogP contribution in [0.15, 0.2) is 42.5 Å². The molecule has 2 N–H and O–H groups in total. The van der Waals surface area contributed by atoms with Crippen LogP contribution in [-0.2, 0) is 20.9 Å². The quantitative estimate of drug-likeness (QED) is 0.597. The second-order valence-corrected chi connectivity index (χ2v) is 9.97. The number of rotatable bonds is 7. The molecule has 3 amide bonds. The third kappa shape index (κ3) is 5.88. The van der Waals surface area contributed by atoms with Gasteiger partial charge in [-0.05, 0) is 61.6 Å². The summed E-state index contributed by atoms with van der Waals surface area (Å²) >= 11 is 0. The van der Waals surface area contributed by atoms with E-state index in [1.54, 1.807) is 37.3 Å². The van der Waals surface area contributed by atoms with Gasteiger partial charge in [0.2, 0.25) is 11.8 Å². The highest BCUT2D eigenvalue weighted by atomic mass is 16.5. The monoisotopic (exact) mass is 507 g/mol. The topological polar surface area (TPSA) is 106 Å². The van der Waals surface area contributed by atoms with Crippen molar-refractivity contribution in [1.29, 1.82) is 0 Å². The van der Waals surface area contributed by atoms with Crippen molar-refractivity contribution in [2.75, 3.05) is 26.1 Å². The summed E-state index contributed by atoms with van der Waals surface area (Å²) in [5.41, 5.74) is 2.01. The second kappa shape index (κ2) is 10.8. The fraction of sp³-hybridized carbons (Fsp3) is 0.464. The number of carbonyl (C=O) groups excluding carboxylic acids is 3. The molecular weight excluding hydrogens is 474 g/mol. The van der Waals surface area contributed by atoms with Crippen LogP contribution in [0.1, 0.15) is 48.0 Å². The van der Waals surface area contributed by atoms with Crippen molar-refractivity contribution in [3.63, 3.8) is 0 Å². The molecule has 3 aliphatic rings. The summed E-state index contributed by atoms with van der Waals surface area (Å²) < 4.78 is 17.5. The number of hydrogen-bond acceptors (Lipinski definition) is 6. The van der Waals surface area contributed by atoms with Crippen LogP contribution in [0, 0.1) is 5.92 Å². The lowest BCUT2D eigenvalue weighted by Crippen LogP contribution is -2.53. The number of likely N-dealkylation sites (N-methyl/N-ethyl adjacent to an activating group) is 1. The molecule has 2 fully saturated rings. The van der Waals surface area contributed by atoms with Crippen molar-refractivity contribution in [2.45, 2.75) is 56.9 Å². The van der Waals surface area contributed by atoms with Crippen LogP contribution in [-0.4, -0.2) is 61.6 Å². The number of methoxy groups -OCH3 is 1. The van der Waals surface area contributed by atoms with Crippen molar-refractivity contribution in [3.8, 4) is 11.5 Å². The molecule has 1 saturated carbocycles. The predicted molar refractivity (Wildman–Crippen MR) is 137 cm³/mol. The van der Waals surface area contributed by atoms with Gasteiger partial charge in [0.25, 0.3) is 5.91 Å². The van der Waals surface area contributed by atoms with Crippen molar-refractivity contribution in [3.05, 3.63) is 53.6 Å². The highest BCUT2D eigenvalue weighted by Gasteiger charge is 2.39. The molecule has 37 heavy (non-hydrogen) atoms. The van der Waals surface area contributed by atoms with Gasteiger partial charge in [0.05, 0.1) is 31.2 Å². The zero-order valence-corrected chi connectivity index (χ0v) is 21.2. The van der Waals surface area contributed by atoms with Crippen LogP contribution in [0.3, 0.4) is 0 Å². The average Bonchev–Trinajstić information content (AvgIpc) is 3.76. The molecule has 196 valence electrons. The van der Waals surface area contributed by atoms with Gasteiger partial charge < -0.3 is 29.7 Å². The van der Waals surface area contributed by atoms with Gasteiger partial charge in [-0.3, -0.25) is 14.4 Å². The van der Waals surface area contributed by atoms with E-state index < -0.39 is 0 Å². The maximum absolute atomic E-state index is 13.4. The summed E-state index contributed by atoms with van der Waals surface area (Å²) in [6, 6.07) is 12.6. The molecule has 1 saturated heterocycles. The van der Waals surface area contributed by atoms with E-state index in [-0.39, 0.29) is 54.9 Å². The Balaban J connectivity index is 1.18. The lowest BCUT2D eigenvalue weighted by atomic mass is 9.94. The molecular formula is C28H33N3O6. The molecule has 0 bridgehead atoms. The van der Waals surface area contributed by atoms with E-state index in [4.69, 9.17) is 14.2 Å². The van der Waals surface area contributed by atoms with Gasteiger partial charge in [-0.25, -0.2) is 0 Å². The molecule has 2 heterocycles. The lowest BCUT2D eigenvalue weighted by molar-refractivity contribution is -0.134. The number of nitrogens with zero attached hydrogens (tertiary/aromatic N) is 1. The molecule has 2 aliphatic heterocycles. The SMILES string of the molecule is COc1ccc(CNC(=O)C[C@@H]2CC[C@H]3[C@@H](COc4ccc(NC(=O)C5CC5)cc4C(=O)N3C)O2)cc1. The Hall–Kier alpha value is -3.59. The van der Waals surface area contributed by atoms with Crippen molar-refractivity contribution >= 4 is 23.4 Å². The van der Waals surface area contributed by atoms with E-state index in [1.807, 2.05) is 24.3 Å². The maximum atomic E-state index is 13.4. The van der Waals surface area contributed by atoms with E-state index in [9.17, 15) is 14.4 Å². The molecule has 1 aliphatic carbocycles. The first-order valence-corrected chi connectivity index (χ1v) is 12.8. The molecule has 3 atom stereocenters. The van der Waals surface area contributed by atoms with E-state index in [0.29, 0.717) is 36.4 Å². The molecule has 0 unspecified atom stereocenters. The predicted octanol–water partition coefficient (Wildman–Crippen LogP) is 3.13. The molecule has 0 aromatic heterocycles. The zero-order valence-electron chi connectivity index (χ0n) is 21.2. The molecule has 9 heteroatoms. The minimum atomic E-state index is -0.343. The van der Waals surface area contributed by atoms with Gasteiger partial charge in [0, 0.05) is 25.2 Å². The number of carbonyl (C=O) groups is 3. The number of fused-ring (bicyclic) bond motifs is 2. The molecule has 0 spiro atoms. The van der Waals surface area contributed by atoms with Crippen LogP contribution in [0.5, 0.6) is 11.5 Å². The van der Waals surface area contributed by atoms with E-state index in [2.05, 4.69) is 10.6 Å². The Morgan fingerprint density at radius 3 is 2.59 bits per heavy atom. The van der Waals surface area contributed by atoms with Crippen LogP contribution in [0.2, 0.25) is 0 Å². The van der Waals surface area contributed by atoms with Gasteiger partial charge in [0.15, 0.2) is 0 Å². The molecule has 2 aromatic carbocycles. The van der Waals surface area contributed by atoms with Gasteiger partial charge >= 0.3 is 0 Å². The standard InChI is InChI=1S/C28H33N3O6/c1-31-23-11-10-21(14-26(32)29-15-17-3-8-20(35-2)9-4-17)37-25(23)16-36-24-12-7-19(13-22(24)28(31)34)30-27(33)18-5-6-18/h3-4,7-9,12-13,18,21,23,25H,5-6,10-11,14-16H2,1-2H3,(H,29,32)(H,30,33)/t21-,23-,25+/m0/s1. The first kappa shape index (κ1) is 25.1. The van der Waals surface area contributed by atoms with E-state index in [0.717, 1.165) is 24.2 Å². The highest BCUT2D eigenvalue weighted by Crippen LogP contribution is 2.34. The molecule has 5 rings (SSSR count). The first-order chi connectivity index (χ1) is 17.9. The number of amides is 3. The normalized spacial score (nSPS) is 23.0. The smallest absolute Gasteiger partial charge is 0.257 e. The average molecular weight is 508 g/mol. The van der Waals surface area contributed by atoms with Gasteiger partial charge in [-0.2, -0.15) is 0 Å². The Bertz CT molecular complexity index is 1160. The van der Waals surface area contributed by atoms with Crippen LogP contribution in [0.4, 0.5) is 5.69 Å². The van der Waals surface area contributed by atoms with Crippen molar-refractivity contribution in [2.24, 2.45) is 5.92 Å². The van der Waals surface area contributed by atoms with Gasteiger partial charge in [-0.1, -0.05) is 12.1 Å². The zero-order chi connectivity index (χ0) is 25.9. The van der Waals surface area contributed by atoms with Gasteiger partial charge in [-0.15, -0.1) is 0 Å². The van der Waals surface area contributed by atoms with Crippen LogP contribution >= 0.6 is 0 Å². The minimum Gasteiger partial charge on any atom is -0.497 e. The van der Waals surface area contributed by atoms with Crippen molar-refractivity contribution < 1.29 is 28.6 Å². The summed E-state index contributed by atoms with van der Waals surface area (Å²) in [7, 11) is 3.39. The number of anilines is 1. The van der Waals surface area contributed by atoms with E-state index in [1.165, 1.54) is 0 Å². The Morgan fingerprint density at radius 2 is 1.86 bits per heavy atom. The molecule has 0 radical (unpaired) electrons. The molecule has 9 nitrogen and oxygen atoms in total. The van der Waals surface area contributed by atoms with Crippen molar-refractivity contribution in [1.82, 2.24) is 10.2 Å². The lowest BCUT2D eigenvalue weighted by Gasteiger charge is -2.42. The Labute approximate surface area is 216 Å². The highest BCUT2D eigenvalue weighted by molar-refractivity contribution is 6.00. The van der Waals surface area contributed by atoms with Crippen LogP contribution < -0.4 is 20.1 Å². The second-order valence-electron chi connectivity index (χ2n) is 9.97. The fourth-order valence-corrected chi connectivity index (χ4v) is 4.92. The third-order valence-electron chi connectivity index (χ3n) is 7.29. The first-order valence-electron chi connectivity index (χ1n) is 12.8. The third-order valence-corrected chi connectivity index (χ3v) is 7.29. The summed E-state index contributed by atoms with van der Waals surface area (Å²) in [5.74, 6) is 1.05.